The van der Waals surface area contributed by atoms with Gasteiger partial charge in [0.1, 0.15) is 11.4 Å². The van der Waals surface area contributed by atoms with Gasteiger partial charge in [0.05, 0.1) is 5.56 Å². The molecule has 9 heteroatoms. The van der Waals surface area contributed by atoms with Crippen LogP contribution >= 0.6 is 0 Å². The highest BCUT2D eigenvalue weighted by molar-refractivity contribution is 5.97. The zero-order valence-corrected chi connectivity index (χ0v) is 17.9. The van der Waals surface area contributed by atoms with Crippen molar-refractivity contribution in [3.8, 4) is 5.75 Å². The summed E-state index contributed by atoms with van der Waals surface area (Å²) in [5.41, 5.74) is 0.758. The van der Waals surface area contributed by atoms with Crippen LogP contribution in [0.3, 0.4) is 0 Å². The maximum atomic E-state index is 12.9. The number of nitrogens with one attached hydrogen (secondary N) is 1. The first-order valence-electron chi connectivity index (χ1n) is 10.00. The van der Waals surface area contributed by atoms with Gasteiger partial charge in [-0.1, -0.05) is 18.2 Å². The van der Waals surface area contributed by atoms with Crippen LogP contribution in [0.25, 0.3) is 0 Å². The number of piperazine rings is 1. The fourth-order valence-corrected chi connectivity index (χ4v) is 3.37. The van der Waals surface area contributed by atoms with Crippen LogP contribution in [0.15, 0.2) is 41.3 Å². The Kier molecular flexibility index (Phi) is 6.74. The number of anilines is 1. The van der Waals surface area contributed by atoms with E-state index in [2.05, 4.69) is 5.32 Å². The lowest BCUT2D eigenvalue weighted by Crippen LogP contribution is -2.50. The second-order valence-electron chi connectivity index (χ2n) is 7.46. The molecule has 0 unspecified atom stereocenters. The van der Waals surface area contributed by atoms with Gasteiger partial charge in [-0.05, 0) is 24.6 Å². The molecule has 31 heavy (non-hydrogen) atoms. The molecule has 1 saturated heterocycles. The minimum atomic E-state index is -0.500. The second-order valence-corrected chi connectivity index (χ2v) is 7.46. The molecule has 0 atom stereocenters. The van der Waals surface area contributed by atoms with Crippen molar-refractivity contribution in [2.45, 2.75) is 13.8 Å². The molecule has 9 nitrogen and oxygen atoms in total. The minimum absolute atomic E-state index is 0.00843. The van der Waals surface area contributed by atoms with Crippen molar-refractivity contribution in [3.05, 3.63) is 58.0 Å². The summed E-state index contributed by atoms with van der Waals surface area (Å²) < 4.78 is 6.78. The minimum Gasteiger partial charge on any atom is -0.483 e. The number of aryl methyl sites for hydroxylation is 2. The molecule has 1 aromatic heterocycles. The first-order valence-corrected chi connectivity index (χ1v) is 10.00. The molecule has 1 aliphatic heterocycles. The number of aromatic nitrogens is 1. The molecule has 1 aliphatic rings. The molecule has 3 amide bonds. The number of para-hydroxylation sites is 1. The number of hydrogen-bond acceptors (Lipinski definition) is 5. The lowest BCUT2D eigenvalue weighted by Gasteiger charge is -2.34. The normalized spacial score (nSPS) is 13.6. The Balaban J connectivity index is 1.68. The van der Waals surface area contributed by atoms with E-state index in [9.17, 15) is 19.2 Å². The molecule has 1 N–H and O–H groups in total. The van der Waals surface area contributed by atoms with Crippen LogP contribution in [0.5, 0.6) is 5.75 Å². The van der Waals surface area contributed by atoms with Crippen molar-refractivity contribution in [3.63, 3.8) is 0 Å². The summed E-state index contributed by atoms with van der Waals surface area (Å²) in [6, 6.07) is 8.69. The van der Waals surface area contributed by atoms with E-state index in [0.29, 0.717) is 31.9 Å². The molecule has 0 bridgehead atoms. The summed E-state index contributed by atoms with van der Waals surface area (Å²) in [6.45, 7) is 4.86. The Bertz CT molecular complexity index is 1050. The molecule has 0 saturated carbocycles. The van der Waals surface area contributed by atoms with Crippen LogP contribution in [0.1, 0.15) is 22.8 Å². The van der Waals surface area contributed by atoms with Crippen molar-refractivity contribution in [2.75, 3.05) is 38.1 Å². The molecule has 2 heterocycles. The third-order valence-corrected chi connectivity index (χ3v) is 5.17. The van der Waals surface area contributed by atoms with E-state index in [0.717, 1.165) is 5.56 Å². The van der Waals surface area contributed by atoms with E-state index in [1.165, 1.54) is 30.8 Å². The summed E-state index contributed by atoms with van der Waals surface area (Å²) in [5.74, 6) is -0.197. The van der Waals surface area contributed by atoms with Gasteiger partial charge in [0.15, 0.2) is 6.61 Å². The number of amides is 3. The monoisotopic (exact) mass is 426 g/mol. The summed E-state index contributed by atoms with van der Waals surface area (Å²) in [6.07, 6.45) is 1.45. The zero-order valence-electron chi connectivity index (χ0n) is 17.9. The van der Waals surface area contributed by atoms with Crippen LogP contribution in [-0.2, 0) is 16.6 Å². The van der Waals surface area contributed by atoms with Crippen molar-refractivity contribution in [1.29, 1.82) is 0 Å². The van der Waals surface area contributed by atoms with Gasteiger partial charge in [0, 0.05) is 46.3 Å². The molecule has 1 aromatic carbocycles. The van der Waals surface area contributed by atoms with Gasteiger partial charge in [-0.2, -0.15) is 0 Å². The van der Waals surface area contributed by atoms with Crippen molar-refractivity contribution in [2.24, 2.45) is 7.05 Å². The topological polar surface area (TPSA) is 101 Å². The van der Waals surface area contributed by atoms with Crippen molar-refractivity contribution in [1.82, 2.24) is 14.4 Å². The van der Waals surface area contributed by atoms with Crippen molar-refractivity contribution >= 4 is 23.4 Å². The van der Waals surface area contributed by atoms with E-state index in [1.807, 2.05) is 19.1 Å². The number of hydrogen-bond donors (Lipinski definition) is 1. The maximum Gasteiger partial charge on any atom is 0.274 e. The lowest BCUT2D eigenvalue weighted by molar-refractivity contribution is -0.130. The largest absolute Gasteiger partial charge is 0.483 e. The first-order chi connectivity index (χ1) is 14.8. The van der Waals surface area contributed by atoms with Crippen LogP contribution < -0.4 is 15.6 Å². The first kappa shape index (κ1) is 22.1. The standard InChI is InChI=1S/C22H26N4O5/c1-15-6-4-5-7-19(15)31-14-20(28)23-18-12-17(13-24(3)22(18)30)21(29)26-10-8-25(9-11-26)16(2)27/h4-7,12-13H,8-11,14H2,1-3H3,(H,23,28). The molecular weight excluding hydrogens is 400 g/mol. The molecule has 0 aliphatic carbocycles. The number of carbonyl (C=O) groups is 3. The third-order valence-electron chi connectivity index (χ3n) is 5.17. The predicted molar refractivity (Wildman–Crippen MR) is 115 cm³/mol. The zero-order chi connectivity index (χ0) is 22.5. The Morgan fingerprint density at radius 3 is 2.35 bits per heavy atom. The number of nitrogens with zero attached hydrogens (tertiary/aromatic N) is 3. The maximum absolute atomic E-state index is 12.9. The van der Waals surface area contributed by atoms with E-state index in [4.69, 9.17) is 4.74 Å². The van der Waals surface area contributed by atoms with Crippen molar-refractivity contribution < 1.29 is 19.1 Å². The SMILES string of the molecule is CC(=O)N1CCN(C(=O)c2cc(NC(=O)COc3ccccc3C)c(=O)n(C)c2)CC1. The molecule has 0 spiro atoms. The van der Waals surface area contributed by atoms with Crippen LogP contribution in [-0.4, -0.2) is 64.9 Å². The van der Waals surface area contributed by atoms with Gasteiger partial charge in [0.2, 0.25) is 5.91 Å². The average molecular weight is 426 g/mol. The molecule has 0 radical (unpaired) electrons. The Hall–Kier alpha value is -3.62. The number of benzene rings is 1. The quantitative estimate of drug-likeness (QED) is 0.769. The van der Waals surface area contributed by atoms with E-state index in [-0.39, 0.29) is 29.7 Å². The molecule has 3 rings (SSSR count). The molecular formula is C22H26N4O5. The van der Waals surface area contributed by atoms with E-state index >= 15 is 0 Å². The van der Waals surface area contributed by atoms with Gasteiger partial charge in [0.25, 0.3) is 17.4 Å². The van der Waals surface area contributed by atoms with Gasteiger partial charge >= 0.3 is 0 Å². The highest BCUT2D eigenvalue weighted by Crippen LogP contribution is 2.16. The Morgan fingerprint density at radius 2 is 1.71 bits per heavy atom. The van der Waals surface area contributed by atoms with Gasteiger partial charge in [-0.15, -0.1) is 0 Å². The second kappa shape index (κ2) is 9.46. The Morgan fingerprint density at radius 1 is 1.06 bits per heavy atom. The van der Waals surface area contributed by atoms with E-state index < -0.39 is 11.5 Å². The van der Waals surface area contributed by atoms with Gasteiger partial charge < -0.3 is 24.4 Å². The number of carbonyl (C=O) groups excluding carboxylic acids is 3. The Labute approximate surface area is 180 Å². The summed E-state index contributed by atoms with van der Waals surface area (Å²) in [5, 5.41) is 2.54. The number of pyridine rings is 1. The molecule has 1 fully saturated rings. The van der Waals surface area contributed by atoms with E-state index in [1.54, 1.807) is 21.9 Å². The molecule has 164 valence electrons. The number of rotatable bonds is 5. The van der Waals surface area contributed by atoms with Gasteiger partial charge in [-0.25, -0.2) is 0 Å². The highest BCUT2D eigenvalue weighted by atomic mass is 16.5. The fraction of sp³-hybridized carbons (Fsp3) is 0.364. The summed E-state index contributed by atoms with van der Waals surface area (Å²) in [4.78, 5) is 52.4. The summed E-state index contributed by atoms with van der Waals surface area (Å²) in [7, 11) is 1.52. The number of ether oxygens (including phenoxy) is 1. The smallest absolute Gasteiger partial charge is 0.274 e. The lowest BCUT2D eigenvalue weighted by atomic mass is 10.2. The van der Waals surface area contributed by atoms with Crippen LogP contribution in [0.4, 0.5) is 5.69 Å². The highest BCUT2D eigenvalue weighted by Gasteiger charge is 2.24. The predicted octanol–water partition coefficient (Wildman–Crippen LogP) is 1.02. The average Bonchev–Trinajstić information content (AvgIpc) is 2.75. The fourth-order valence-electron chi connectivity index (χ4n) is 3.37. The van der Waals surface area contributed by atoms with Gasteiger partial charge in [-0.3, -0.25) is 19.2 Å². The third kappa shape index (κ3) is 5.30. The van der Waals surface area contributed by atoms with Crippen LogP contribution in [0.2, 0.25) is 0 Å². The summed E-state index contributed by atoms with van der Waals surface area (Å²) >= 11 is 0. The van der Waals surface area contributed by atoms with Crippen LogP contribution in [0, 0.1) is 6.92 Å². The molecule has 2 aromatic rings.